The summed E-state index contributed by atoms with van der Waals surface area (Å²) in [5.74, 6) is -0.0641. The van der Waals surface area contributed by atoms with Crippen molar-refractivity contribution in [2.24, 2.45) is 0 Å². The third-order valence-corrected chi connectivity index (χ3v) is 5.95. The number of carbonyl (C=O) groups excluding carboxylic acids is 1. The highest BCUT2D eigenvalue weighted by Gasteiger charge is 2.32. The van der Waals surface area contributed by atoms with Gasteiger partial charge >= 0.3 is 6.18 Å². The Kier molecular flexibility index (Phi) is 6.56. The quantitative estimate of drug-likeness (QED) is 0.349. The number of morpholine rings is 1. The van der Waals surface area contributed by atoms with Gasteiger partial charge in [0.1, 0.15) is 17.9 Å². The monoisotopic (exact) mass is 496 g/mol. The zero-order valence-corrected chi connectivity index (χ0v) is 19.2. The van der Waals surface area contributed by atoms with Gasteiger partial charge in [0.15, 0.2) is 5.76 Å². The van der Waals surface area contributed by atoms with Crippen LogP contribution in [-0.2, 0) is 17.5 Å². The maximum absolute atomic E-state index is 13.5. The number of rotatable bonds is 6. The molecule has 1 N–H and O–H groups in total. The van der Waals surface area contributed by atoms with Crippen molar-refractivity contribution >= 4 is 28.3 Å². The number of para-hydroxylation sites is 2. The predicted octanol–water partition coefficient (Wildman–Crippen LogP) is 6.12. The molecule has 1 saturated heterocycles. The molecule has 1 aliphatic heterocycles. The minimum atomic E-state index is -4.56. The number of alkyl halides is 3. The fourth-order valence-electron chi connectivity index (χ4n) is 4.17. The van der Waals surface area contributed by atoms with E-state index < -0.39 is 17.6 Å². The first-order chi connectivity index (χ1) is 17.4. The van der Waals surface area contributed by atoms with Crippen molar-refractivity contribution in [1.82, 2.24) is 0 Å². The summed E-state index contributed by atoms with van der Waals surface area (Å²) in [4.78, 5) is 15.3. The minimum absolute atomic E-state index is 0.0162. The summed E-state index contributed by atoms with van der Waals surface area (Å²) < 4.78 is 57.6. The molecule has 0 spiro atoms. The Morgan fingerprint density at radius 3 is 2.44 bits per heavy atom. The van der Waals surface area contributed by atoms with Gasteiger partial charge in [-0.2, -0.15) is 13.2 Å². The van der Waals surface area contributed by atoms with Gasteiger partial charge in [0.25, 0.3) is 5.91 Å². The number of nitrogens with one attached hydrogen (secondary N) is 1. The van der Waals surface area contributed by atoms with E-state index in [0.29, 0.717) is 54.3 Å². The number of amides is 1. The zero-order valence-electron chi connectivity index (χ0n) is 19.2. The van der Waals surface area contributed by atoms with Gasteiger partial charge < -0.3 is 24.1 Å². The third kappa shape index (κ3) is 5.01. The van der Waals surface area contributed by atoms with Crippen molar-refractivity contribution in [2.45, 2.75) is 12.8 Å². The Balaban J connectivity index is 1.49. The van der Waals surface area contributed by atoms with E-state index in [0.717, 1.165) is 12.1 Å². The highest BCUT2D eigenvalue weighted by molar-refractivity contribution is 6.08. The fourth-order valence-corrected chi connectivity index (χ4v) is 4.17. The molecule has 6 nitrogen and oxygen atoms in total. The Labute approximate surface area is 205 Å². The van der Waals surface area contributed by atoms with Crippen LogP contribution in [0.2, 0.25) is 0 Å². The topological polar surface area (TPSA) is 63.9 Å². The molecule has 36 heavy (non-hydrogen) atoms. The summed E-state index contributed by atoms with van der Waals surface area (Å²) in [6, 6.07) is 19.6. The van der Waals surface area contributed by atoms with Crippen LogP contribution in [0.4, 0.5) is 24.5 Å². The van der Waals surface area contributed by atoms with Gasteiger partial charge in [-0.3, -0.25) is 4.79 Å². The number of halogens is 3. The second-order valence-electron chi connectivity index (χ2n) is 8.29. The fraction of sp³-hybridized carbons (Fsp3) is 0.222. The van der Waals surface area contributed by atoms with Gasteiger partial charge in [0.05, 0.1) is 30.2 Å². The Morgan fingerprint density at radius 1 is 0.972 bits per heavy atom. The van der Waals surface area contributed by atoms with Crippen LogP contribution in [0.3, 0.4) is 0 Å². The smallest absolute Gasteiger partial charge is 0.416 e. The number of anilines is 2. The molecule has 5 rings (SSSR count). The Bertz CT molecular complexity index is 1360. The van der Waals surface area contributed by atoms with E-state index in [1.54, 1.807) is 24.3 Å². The van der Waals surface area contributed by atoms with Crippen LogP contribution in [0.5, 0.6) is 5.75 Å². The number of hydrogen-bond donors (Lipinski definition) is 1. The number of hydrogen-bond acceptors (Lipinski definition) is 5. The van der Waals surface area contributed by atoms with Crippen LogP contribution in [0.15, 0.2) is 77.2 Å². The molecule has 9 heteroatoms. The number of nitrogens with zero attached hydrogens (tertiary/aromatic N) is 1. The molecule has 1 fully saturated rings. The molecule has 2 heterocycles. The van der Waals surface area contributed by atoms with Crippen molar-refractivity contribution < 1.29 is 31.9 Å². The molecular weight excluding hydrogens is 473 g/mol. The van der Waals surface area contributed by atoms with E-state index in [4.69, 9.17) is 13.9 Å². The lowest BCUT2D eigenvalue weighted by Gasteiger charge is -2.31. The number of benzene rings is 3. The normalized spacial score (nSPS) is 14.1. The van der Waals surface area contributed by atoms with Crippen LogP contribution in [0.25, 0.3) is 11.0 Å². The number of carbonyl (C=O) groups is 1. The van der Waals surface area contributed by atoms with Crippen molar-refractivity contribution in [3.8, 4) is 5.75 Å². The lowest BCUT2D eigenvalue weighted by Crippen LogP contribution is -2.36. The van der Waals surface area contributed by atoms with Crippen LogP contribution in [0, 0.1) is 0 Å². The van der Waals surface area contributed by atoms with E-state index in [2.05, 4.69) is 5.32 Å². The summed E-state index contributed by atoms with van der Waals surface area (Å²) in [7, 11) is 0. The first-order valence-corrected chi connectivity index (χ1v) is 11.4. The molecule has 0 aliphatic carbocycles. The minimum Gasteiger partial charge on any atom is -0.489 e. The SMILES string of the molecule is O=C(Nc1cc(C(F)(F)F)ccc1N1CCOCC1)c1oc2ccccc2c1COc1ccccc1. The Morgan fingerprint density at radius 2 is 1.69 bits per heavy atom. The van der Waals surface area contributed by atoms with Crippen molar-refractivity contribution in [2.75, 3.05) is 36.5 Å². The molecule has 186 valence electrons. The number of furan rings is 1. The number of ether oxygens (including phenoxy) is 2. The molecule has 0 radical (unpaired) electrons. The van der Waals surface area contributed by atoms with E-state index in [1.807, 2.05) is 35.2 Å². The summed E-state index contributed by atoms with van der Waals surface area (Å²) in [5, 5.41) is 3.36. The summed E-state index contributed by atoms with van der Waals surface area (Å²) in [6.07, 6.45) is -4.56. The van der Waals surface area contributed by atoms with Crippen molar-refractivity contribution in [1.29, 1.82) is 0 Å². The van der Waals surface area contributed by atoms with Crippen LogP contribution >= 0.6 is 0 Å². The molecule has 0 atom stereocenters. The molecule has 0 unspecified atom stereocenters. The molecule has 0 saturated carbocycles. The standard InChI is InChI=1S/C27H23F3N2O4/c28-27(29,30)18-10-11-23(32-12-14-34-15-13-32)22(16-18)31-26(33)25-21(17-35-19-6-2-1-3-7-19)20-8-4-5-9-24(20)36-25/h1-11,16H,12-15,17H2,(H,31,33). The van der Waals surface area contributed by atoms with Crippen LogP contribution < -0.4 is 15.0 Å². The average molecular weight is 496 g/mol. The number of fused-ring (bicyclic) bond motifs is 1. The predicted molar refractivity (Wildman–Crippen MR) is 129 cm³/mol. The van der Waals surface area contributed by atoms with Crippen LogP contribution in [-0.4, -0.2) is 32.2 Å². The molecule has 1 amide bonds. The maximum Gasteiger partial charge on any atom is 0.416 e. The summed E-state index contributed by atoms with van der Waals surface area (Å²) >= 11 is 0. The van der Waals surface area contributed by atoms with Gasteiger partial charge in [-0.25, -0.2) is 0 Å². The Hall–Kier alpha value is -3.98. The lowest BCUT2D eigenvalue weighted by atomic mass is 10.1. The first kappa shape index (κ1) is 23.7. The van der Waals surface area contributed by atoms with Gasteiger partial charge in [0, 0.05) is 24.0 Å². The van der Waals surface area contributed by atoms with E-state index in [-0.39, 0.29) is 18.1 Å². The van der Waals surface area contributed by atoms with Gasteiger partial charge in [-0.1, -0.05) is 36.4 Å². The molecular formula is C27H23F3N2O4. The zero-order chi connectivity index (χ0) is 25.1. The van der Waals surface area contributed by atoms with Gasteiger partial charge in [-0.05, 0) is 36.4 Å². The first-order valence-electron chi connectivity index (χ1n) is 11.4. The van der Waals surface area contributed by atoms with E-state index >= 15 is 0 Å². The largest absolute Gasteiger partial charge is 0.489 e. The average Bonchev–Trinajstić information content (AvgIpc) is 3.27. The van der Waals surface area contributed by atoms with Crippen LogP contribution in [0.1, 0.15) is 21.7 Å². The highest BCUT2D eigenvalue weighted by Crippen LogP contribution is 2.36. The summed E-state index contributed by atoms with van der Waals surface area (Å²) in [5.41, 5.74) is 0.663. The van der Waals surface area contributed by atoms with E-state index in [1.165, 1.54) is 6.07 Å². The summed E-state index contributed by atoms with van der Waals surface area (Å²) in [6.45, 7) is 1.92. The lowest BCUT2D eigenvalue weighted by molar-refractivity contribution is -0.137. The highest BCUT2D eigenvalue weighted by atomic mass is 19.4. The second kappa shape index (κ2) is 9.94. The van der Waals surface area contributed by atoms with Crippen molar-refractivity contribution in [3.05, 3.63) is 89.7 Å². The van der Waals surface area contributed by atoms with Crippen molar-refractivity contribution in [3.63, 3.8) is 0 Å². The molecule has 4 aromatic rings. The molecule has 1 aliphatic rings. The van der Waals surface area contributed by atoms with Gasteiger partial charge in [0.2, 0.25) is 0 Å². The molecule has 0 bridgehead atoms. The molecule has 1 aromatic heterocycles. The third-order valence-electron chi connectivity index (χ3n) is 5.95. The van der Waals surface area contributed by atoms with Gasteiger partial charge in [-0.15, -0.1) is 0 Å². The maximum atomic E-state index is 13.5. The second-order valence-corrected chi connectivity index (χ2v) is 8.29. The van der Waals surface area contributed by atoms with E-state index in [9.17, 15) is 18.0 Å². The molecule has 3 aromatic carbocycles.